The number of hydrogen-bond donors (Lipinski definition) is 3. The molecule has 1 aliphatic heterocycles. The second-order valence-corrected chi connectivity index (χ2v) is 8.20. The Morgan fingerprint density at radius 3 is 2.32 bits per heavy atom. The number of hydrogen-bond acceptors (Lipinski definition) is 4. The molecule has 0 aromatic heterocycles. The standard InChI is InChI=1S/C19H20ClFN4O2.C7H8/c20-13-5-6-17(25-9-7-22-8-10-25)16(11-13)24-18(26)12-23-19(27)14-3-1-2-4-15(14)21;1-7-5-3-2-4-6-7/h1-6,11,22H,7-10,12H2,(H,23,27)(H,24,26);2-6H,1H3. The van der Waals surface area contributed by atoms with Crippen LogP contribution in [0.15, 0.2) is 72.8 Å². The summed E-state index contributed by atoms with van der Waals surface area (Å²) in [6, 6.07) is 21.2. The van der Waals surface area contributed by atoms with E-state index in [1.807, 2.05) is 24.3 Å². The molecule has 1 heterocycles. The lowest BCUT2D eigenvalue weighted by molar-refractivity contribution is -0.115. The average Bonchev–Trinajstić information content (AvgIpc) is 2.84. The third-order valence-electron chi connectivity index (χ3n) is 5.16. The van der Waals surface area contributed by atoms with Gasteiger partial charge in [-0.3, -0.25) is 9.59 Å². The lowest BCUT2D eigenvalue weighted by atomic mass is 10.2. The number of aryl methyl sites for hydroxylation is 1. The largest absolute Gasteiger partial charge is 0.367 e. The van der Waals surface area contributed by atoms with Gasteiger partial charge in [0, 0.05) is 31.2 Å². The molecule has 1 aliphatic rings. The second kappa shape index (κ2) is 12.7. The maximum atomic E-state index is 13.6. The molecule has 0 spiro atoms. The van der Waals surface area contributed by atoms with E-state index < -0.39 is 17.6 Å². The number of carbonyl (C=O) groups excluding carboxylic acids is 2. The summed E-state index contributed by atoms with van der Waals surface area (Å²) in [4.78, 5) is 26.5. The summed E-state index contributed by atoms with van der Waals surface area (Å²) in [7, 11) is 0. The van der Waals surface area contributed by atoms with Crippen molar-refractivity contribution >= 4 is 34.8 Å². The van der Waals surface area contributed by atoms with Gasteiger partial charge in [0.25, 0.3) is 5.91 Å². The fourth-order valence-corrected chi connectivity index (χ4v) is 3.59. The molecule has 3 aromatic rings. The predicted molar refractivity (Wildman–Crippen MR) is 135 cm³/mol. The number of piperazine rings is 1. The van der Waals surface area contributed by atoms with E-state index in [4.69, 9.17) is 11.6 Å². The summed E-state index contributed by atoms with van der Waals surface area (Å²) < 4.78 is 13.6. The lowest BCUT2D eigenvalue weighted by Crippen LogP contribution is -2.44. The first-order valence-corrected chi connectivity index (χ1v) is 11.4. The van der Waals surface area contributed by atoms with Gasteiger partial charge in [-0.15, -0.1) is 0 Å². The summed E-state index contributed by atoms with van der Waals surface area (Å²) >= 11 is 6.07. The van der Waals surface area contributed by atoms with Crippen molar-refractivity contribution in [3.63, 3.8) is 0 Å². The highest BCUT2D eigenvalue weighted by atomic mass is 35.5. The van der Waals surface area contributed by atoms with E-state index in [9.17, 15) is 14.0 Å². The number of halogens is 2. The molecule has 34 heavy (non-hydrogen) atoms. The van der Waals surface area contributed by atoms with Crippen molar-refractivity contribution in [3.8, 4) is 0 Å². The third-order valence-corrected chi connectivity index (χ3v) is 5.39. The van der Waals surface area contributed by atoms with E-state index in [-0.39, 0.29) is 12.1 Å². The molecule has 0 unspecified atom stereocenters. The monoisotopic (exact) mass is 482 g/mol. The van der Waals surface area contributed by atoms with Crippen LogP contribution in [0.25, 0.3) is 0 Å². The van der Waals surface area contributed by atoms with Gasteiger partial charge in [-0.05, 0) is 37.3 Å². The van der Waals surface area contributed by atoms with Crippen molar-refractivity contribution in [3.05, 3.63) is 94.8 Å². The van der Waals surface area contributed by atoms with Gasteiger partial charge >= 0.3 is 0 Å². The number of amides is 2. The first kappa shape index (κ1) is 25.2. The van der Waals surface area contributed by atoms with Crippen LogP contribution in [0.5, 0.6) is 0 Å². The SMILES string of the molecule is Cc1ccccc1.O=C(CNC(=O)c1ccccc1F)Nc1cc(Cl)ccc1N1CCNCC1. The quantitative estimate of drug-likeness (QED) is 0.508. The Balaban J connectivity index is 0.000000396. The van der Waals surface area contributed by atoms with Crippen molar-refractivity contribution in [2.75, 3.05) is 42.9 Å². The Hall–Kier alpha value is -3.42. The molecule has 1 fully saturated rings. The van der Waals surface area contributed by atoms with Gasteiger partial charge < -0.3 is 20.9 Å². The zero-order valence-corrected chi connectivity index (χ0v) is 19.7. The Morgan fingerprint density at radius 2 is 1.68 bits per heavy atom. The van der Waals surface area contributed by atoms with Crippen LogP contribution in [-0.4, -0.2) is 44.5 Å². The Kier molecular flexibility index (Phi) is 9.43. The van der Waals surface area contributed by atoms with Gasteiger partial charge in [0.05, 0.1) is 23.5 Å². The first-order chi connectivity index (χ1) is 16.4. The fraction of sp³-hybridized carbons (Fsp3) is 0.231. The molecule has 178 valence electrons. The summed E-state index contributed by atoms with van der Waals surface area (Å²) in [5, 5.41) is 8.98. The minimum atomic E-state index is -0.642. The smallest absolute Gasteiger partial charge is 0.254 e. The molecule has 1 saturated heterocycles. The van der Waals surface area contributed by atoms with Gasteiger partial charge in [0.15, 0.2) is 0 Å². The topological polar surface area (TPSA) is 73.5 Å². The number of benzene rings is 3. The maximum Gasteiger partial charge on any atom is 0.254 e. The predicted octanol–water partition coefficient (Wildman–Crippen LogP) is 4.25. The van der Waals surface area contributed by atoms with Crippen LogP contribution >= 0.6 is 11.6 Å². The van der Waals surface area contributed by atoms with Gasteiger partial charge in [-0.1, -0.05) is 59.6 Å². The number of nitrogens with zero attached hydrogens (tertiary/aromatic N) is 1. The molecule has 0 saturated carbocycles. The Labute approximate surface area is 204 Å². The summed E-state index contributed by atoms with van der Waals surface area (Å²) in [5.41, 5.74) is 2.67. The molecule has 6 nitrogen and oxygen atoms in total. The van der Waals surface area contributed by atoms with Crippen LogP contribution in [0.3, 0.4) is 0 Å². The van der Waals surface area contributed by atoms with Gasteiger partial charge in [0.2, 0.25) is 5.91 Å². The van der Waals surface area contributed by atoms with Crippen LogP contribution in [0, 0.1) is 12.7 Å². The van der Waals surface area contributed by atoms with E-state index in [0.717, 1.165) is 31.9 Å². The number of anilines is 2. The van der Waals surface area contributed by atoms with Gasteiger partial charge in [-0.25, -0.2) is 4.39 Å². The zero-order valence-electron chi connectivity index (χ0n) is 19.0. The highest BCUT2D eigenvalue weighted by Crippen LogP contribution is 2.29. The van der Waals surface area contributed by atoms with Gasteiger partial charge in [0.1, 0.15) is 5.82 Å². The van der Waals surface area contributed by atoms with Gasteiger partial charge in [-0.2, -0.15) is 0 Å². The average molecular weight is 483 g/mol. The summed E-state index contributed by atoms with van der Waals surface area (Å²) in [6.07, 6.45) is 0. The number of nitrogens with one attached hydrogen (secondary N) is 3. The minimum Gasteiger partial charge on any atom is -0.367 e. The van der Waals surface area contributed by atoms with Crippen molar-refractivity contribution in [1.29, 1.82) is 0 Å². The molecule has 0 radical (unpaired) electrons. The van der Waals surface area contributed by atoms with E-state index in [0.29, 0.717) is 10.7 Å². The molecule has 3 aromatic carbocycles. The molecular weight excluding hydrogens is 455 g/mol. The van der Waals surface area contributed by atoms with Crippen LogP contribution in [0.2, 0.25) is 5.02 Å². The normalized spacial score (nSPS) is 12.9. The van der Waals surface area contributed by atoms with Crippen LogP contribution in [0.1, 0.15) is 15.9 Å². The van der Waals surface area contributed by atoms with E-state index in [2.05, 4.69) is 39.9 Å². The zero-order chi connectivity index (χ0) is 24.3. The van der Waals surface area contributed by atoms with Crippen molar-refractivity contribution in [1.82, 2.24) is 10.6 Å². The highest BCUT2D eigenvalue weighted by Gasteiger charge is 2.17. The molecule has 0 bridgehead atoms. The van der Waals surface area contributed by atoms with E-state index in [1.165, 1.54) is 23.8 Å². The number of rotatable bonds is 5. The van der Waals surface area contributed by atoms with Crippen molar-refractivity contribution < 1.29 is 14.0 Å². The van der Waals surface area contributed by atoms with Crippen LogP contribution in [-0.2, 0) is 4.79 Å². The molecule has 3 N–H and O–H groups in total. The van der Waals surface area contributed by atoms with Crippen molar-refractivity contribution in [2.45, 2.75) is 6.92 Å². The highest BCUT2D eigenvalue weighted by molar-refractivity contribution is 6.31. The lowest BCUT2D eigenvalue weighted by Gasteiger charge is -2.31. The summed E-state index contributed by atoms with van der Waals surface area (Å²) in [5.74, 6) is -1.69. The van der Waals surface area contributed by atoms with E-state index in [1.54, 1.807) is 18.2 Å². The first-order valence-electron chi connectivity index (χ1n) is 11.0. The van der Waals surface area contributed by atoms with Crippen LogP contribution < -0.4 is 20.9 Å². The van der Waals surface area contributed by atoms with Crippen LogP contribution in [0.4, 0.5) is 15.8 Å². The molecule has 2 amide bonds. The third kappa shape index (κ3) is 7.57. The molecule has 0 aliphatic carbocycles. The summed E-state index contributed by atoms with van der Waals surface area (Å²) in [6.45, 7) is 5.15. The molecular formula is C26H28ClFN4O2. The van der Waals surface area contributed by atoms with E-state index >= 15 is 0 Å². The maximum absolute atomic E-state index is 13.6. The fourth-order valence-electron chi connectivity index (χ4n) is 3.42. The number of carbonyl (C=O) groups is 2. The molecule has 4 rings (SSSR count). The van der Waals surface area contributed by atoms with Crippen molar-refractivity contribution in [2.24, 2.45) is 0 Å². The molecule has 8 heteroatoms. The Bertz CT molecular complexity index is 1100. The molecule has 0 atom stereocenters. The minimum absolute atomic E-state index is 0.102. The Morgan fingerprint density at radius 1 is 1.00 bits per heavy atom. The second-order valence-electron chi connectivity index (χ2n) is 7.76.